The Hall–Kier alpha value is -0.770. The number of ether oxygens (including phenoxy) is 2. The van der Waals surface area contributed by atoms with E-state index in [0.29, 0.717) is 25.7 Å². The van der Waals surface area contributed by atoms with Gasteiger partial charge in [-0.3, -0.25) is 0 Å². The van der Waals surface area contributed by atoms with Gasteiger partial charge in [-0.25, -0.2) is 0 Å². The molecule has 1 fully saturated rings. The number of nitrogens with two attached hydrogens (primary N) is 1. The first-order valence-corrected chi connectivity index (χ1v) is 6.13. The third kappa shape index (κ3) is 2.03. The molecule has 0 spiro atoms. The Morgan fingerprint density at radius 2 is 2.24 bits per heavy atom. The van der Waals surface area contributed by atoms with Crippen LogP contribution >= 0.6 is 11.6 Å². The molecule has 2 rings (SSSR count). The predicted molar refractivity (Wildman–Crippen MR) is 68.7 cm³/mol. The summed E-state index contributed by atoms with van der Waals surface area (Å²) < 4.78 is 10.8. The largest absolute Gasteiger partial charge is 0.496 e. The second kappa shape index (κ2) is 4.84. The molecule has 4 heteroatoms. The summed E-state index contributed by atoms with van der Waals surface area (Å²) in [7, 11) is 1.67. The van der Waals surface area contributed by atoms with E-state index in [1.165, 1.54) is 0 Å². The van der Waals surface area contributed by atoms with Crippen molar-refractivity contribution in [3.05, 3.63) is 28.8 Å². The van der Waals surface area contributed by atoms with Crippen LogP contribution < -0.4 is 10.5 Å². The summed E-state index contributed by atoms with van der Waals surface area (Å²) in [6, 6.07) is 5.71. The van der Waals surface area contributed by atoms with E-state index in [9.17, 15) is 0 Å². The van der Waals surface area contributed by atoms with Crippen molar-refractivity contribution in [1.29, 1.82) is 0 Å². The Bertz CT molecular complexity index is 404. The molecule has 0 aromatic heterocycles. The van der Waals surface area contributed by atoms with E-state index in [-0.39, 0.29) is 5.41 Å². The summed E-state index contributed by atoms with van der Waals surface area (Å²) >= 11 is 6.08. The molecule has 2 N–H and O–H groups in total. The summed E-state index contributed by atoms with van der Waals surface area (Å²) in [6.07, 6.45) is 0. The van der Waals surface area contributed by atoms with Crippen LogP contribution in [0.5, 0.6) is 5.75 Å². The lowest BCUT2D eigenvalue weighted by molar-refractivity contribution is -0.0862. The molecule has 1 unspecified atom stereocenters. The maximum Gasteiger partial charge on any atom is 0.122 e. The van der Waals surface area contributed by atoms with Gasteiger partial charge in [-0.2, -0.15) is 0 Å². The van der Waals surface area contributed by atoms with Gasteiger partial charge in [0.1, 0.15) is 5.75 Å². The maximum atomic E-state index is 6.08. The van der Waals surface area contributed by atoms with E-state index in [1.54, 1.807) is 7.11 Å². The molecular formula is C13H18ClNO2. The van der Waals surface area contributed by atoms with E-state index in [2.05, 4.69) is 6.92 Å². The first kappa shape index (κ1) is 12.7. The van der Waals surface area contributed by atoms with Crippen molar-refractivity contribution < 1.29 is 9.47 Å². The van der Waals surface area contributed by atoms with Crippen LogP contribution in [0.15, 0.2) is 18.2 Å². The Kier molecular flexibility index (Phi) is 3.61. The molecule has 1 heterocycles. The van der Waals surface area contributed by atoms with E-state index in [0.717, 1.165) is 16.3 Å². The Morgan fingerprint density at radius 3 is 2.71 bits per heavy atom. The molecule has 0 aliphatic carbocycles. The normalized spacial score (nSPS) is 19.5. The number of hydrogen-bond acceptors (Lipinski definition) is 3. The van der Waals surface area contributed by atoms with Crippen molar-refractivity contribution in [2.45, 2.75) is 12.3 Å². The standard InChI is InChI=1S/C13H18ClNO2/c1-9(6-15)13(7-17-8-13)11-5-10(14)3-4-12(11)16-2/h3-5,9H,6-8,15H2,1-2H3. The fourth-order valence-electron chi connectivity index (χ4n) is 2.32. The molecule has 1 atom stereocenters. The molecule has 0 radical (unpaired) electrons. The molecule has 1 saturated heterocycles. The molecule has 1 aromatic carbocycles. The molecule has 0 bridgehead atoms. The van der Waals surface area contributed by atoms with Crippen molar-refractivity contribution in [1.82, 2.24) is 0 Å². The van der Waals surface area contributed by atoms with Gasteiger partial charge in [0.05, 0.1) is 20.3 Å². The summed E-state index contributed by atoms with van der Waals surface area (Å²) in [6.45, 7) is 4.13. The quantitative estimate of drug-likeness (QED) is 0.897. The van der Waals surface area contributed by atoms with E-state index in [4.69, 9.17) is 26.8 Å². The Balaban J connectivity index is 2.46. The highest BCUT2D eigenvalue weighted by atomic mass is 35.5. The number of halogens is 1. The lowest BCUT2D eigenvalue weighted by atomic mass is 9.69. The predicted octanol–water partition coefficient (Wildman–Crippen LogP) is 2.21. The number of methoxy groups -OCH3 is 1. The van der Waals surface area contributed by atoms with Crippen molar-refractivity contribution in [2.75, 3.05) is 26.9 Å². The third-order valence-corrected chi connectivity index (χ3v) is 3.95. The Labute approximate surface area is 107 Å². The smallest absolute Gasteiger partial charge is 0.122 e. The molecule has 0 saturated carbocycles. The van der Waals surface area contributed by atoms with Gasteiger partial charge < -0.3 is 15.2 Å². The SMILES string of the molecule is COc1ccc(Cl)cc1C1(C(C)CN)COC1. The average molecular weight is 256 g/mol. The van der Waals surface area contributed by atoms with Gasteiger partial charge >= 0.3 is 0 Å². The molecule has 0 amide bonds. The zero-order valence-electron chi connectivity index (χ0n) is 10.2. The topological polar surface area (TPSA) is 44.5 Å². The van der Waals surface area contributed by atoms with Crippen LogP contribution in [0.2, 0.25) is 5.02 Å². The second-order valence-corrected chi connectivity index (χ2v) is 5.07. The van der Waals surface area contributed by atoms with Crippen molar-refractivity contribution in [3.63, 3.8) is 0 Å². The van der Waals surface area contributed by atoms with E-state index >= 15 is 0 Å². The van der Waals surface area contributed by atoms with E-state index < -0.39 is 0 Å². The number of rotatable bonds is 4. The molecular weight excluding hydrogens is 238 g/mol. The van der Waals surface area contributed by atoms with Gasteiger partial charge in [-0.1, -0.05) is 18.5 Å². The van der Waals surface area contributed by atoms with Gasteiger partial charge in [0, 0.05) is 16.0 Å². The molecule has 17 heavy (non-hydrogen) atoms. The molecule has 1 aliphatic rings. The molecule has 94 valence electrons. The van der Waals surface area contributed by atoms with Crippen LogP contribution in [0.3, 0.4) is 0 Å². The monoisotopic (exact) mass is 255 g/mol. The van der Waals surface area contributed by atoms with Gasteiger partial charge in [-0.15, -0.1) is 0 Å². The molecule has 1 aliphatic heterocycles. The van der Waals surface area contributed by atoms with Crippen LogP contribution in [-0.4, -0.2) is 26.9 Å². The summed E-state index contributed by atoms with van der Waals surface area (Å²) in [5, 5.41) is 0.719. The minimum atomic E-state index is -0.0506. The Morgan fingerprint density at radius 1 is 1.53 bits per heavy atom. The highest BCUT2D eigenvalue weighted by Gasteiger charge is 2.46. The minimum absolute atomic E-state index is 0.0506. The summed E-state index contributed by atoms with van der Waals surface area (Å²) in [5.74, 6) is 1.20. The number of benzene rings is 1. The van der Waals surface area contributed by atoms with Crippen LogP contribution in [0.1, 0.15) is 12.5 Å². The molecule has 1 aromatic rings. The van der Waals surface area contributed by atoms with Gasteiger partial charge in [0.25, 0.3) is 0 Å². The minimum Gasteiger partial charge on any atom is -0.496 e. The van der Waals surface area contributed by atoms with Crippen LogP contribution in [-0.2, 0) is 10.2 Å². The number of hydrogen-bond donors (Lipinski definition) is 1. The van der Waals surface area contributed by atoms with Crippen LogP contribution in [0.4, 0.5) is 0 Å². The first-order valence-electron chi connectivity index (χ1n) is 5.76. The average Bonchev–Trinajstić information content (AvgIpc) is 2.27. The zero-order chi connectivity index (χ0) is 12.5. The van der Waals surface area contributed by atoms with Gasteiger partial charge in [0.2, 0.25) is 0 Å². The fraction of sp³-hybridized carbons (Fsp3) is 0.538. The highest BCUT2D eigenvalue weighted by molar-refractivity contribution is 6.30. The van der Waals surface area contributed by atoms with Crippen LogP contribution in [0, 0.1) is 5.92 Å². The van der Waals surface area contributed by atoms with Crippen molar-refractivity contribution in [3.8, 4) is 5.75 Å². The van der Waals surface area contributed by atoms with Gasteiger partial charge in [-0.05, 0) is 30.7 Å². The van der Waals surface area contributed by atoms with Crippen LogP contribution in [0.25, 0.3) is 0 Å². The lowest BCUT2D eigenvalue weighted by Crippen LogP contribution is -2.53. The molecule has 3 nitrogen and oxygen atoms in total. The summed E-state index contributed by atoms with van der Waals surface area (Å²) in [5.41, 5.74) is 6.86. The summed E-state index contributed by atoms with van der Waals surface area (Å²) in [4.78, 5) is 0. The van der Waals surface area contributed by atoms with Crippen molar-refractivity contribution >= 4 is 11.6 Å². The lowest BCUT2D eigenvalue weighted by Gasteiger charge is -2.46. The third-order valence-electron chi connectivity index (χ3n) is 3.71. The van der Waals surface area contributed by atoms with Gasteiger partial charge in [0.15, 0.2) is 0 Å². The fourth-order valence-corrected chi connectivity index (χ4v) is 2.49. The first-order chi connectivity index (χ1) is 8.14. The zero-order valence-corrected chi connectivity index (χ0v) is 11.0. The van der Waals surface area contributed by atoms with Crippen molar-refractivity contribution in [2.24, 2.45) is 11.7 Å². The van der Waals surface area contributed by atoms with E-state index in [1.807, 2.05) is 18.2 Å². The second-order valence-electron chi connectivity index (χ2n) is 4.63. The maximum absolute atomic E-state index is 6.08. The highest BCUT2D eigenvalue weighted by Crippen LogP contribution is 2.44.